The quantitative estimate of drug-likeness (QED) is 0.636. The highest BCUT2D eigenvalue weighted by Gasteiger charge is 2.31. The Kier molecular flexibility index (Phi) is 5.51. The van der Waals surface area contributed by atoms with E-state index in [0.717, 1.165) is 0 Å². The van der Waals surface area contributed by atoms with Gasteiger partial charge in [-0.15, -0.1) is 0 Å². The third-order valence-corrected chi connectivity index (χ3v) is 5.80. The highest BCUT2D eigenvalue weighted by atomic mass is 32.2. The van der Waals surface area contributed by atoms with E-state index in [2.05, 4.69) is 9.62 Å². The van der Waals surface area contributed by atoms with Crippen LogP contribution in [-0.4, -0.2) is 49.2 Å². The Morgan fingerprint density at radius 2 is 2.11 bits per heavy atom. The van der Waals surface area contributed by atoms with Crippen molar-refractivity contribution in [3.63, 3.8) is 0 Å². The lowest BCUT2D eigenvalue weighted by atomic mass is 10.3. The number of nitrogens with one attached hydrogen (secondary N) is 1. The van der Waals surface area contributed by atoms with Crippen LogP contribution in [0.1, 0.15) is 33.1 Å². The summed E-state index contributed by atoms with van der Waals surface area (Å²) >= 11 is 4.80. The molecule has 2 atom stereocenters. The Morgan fingerprint density at radius 3 is 2.50 bits per heavy atom. The topological polar surface area (TPSA) is 75.4 Å². The zero-order chi connectivity index (χ0) is 13.9. The molecule has 0 amide bonds. The summed E-state index contributed by atoms with van der Waals surface area (Å²) < 4.78 is 26.7. The number of hydrogen-bond acceptors (Lipinski definition) is 4. The third kappa shape index (κ3) is 4.15. The van der Waals surface area contributed by atoms with Gasteiger partial charge in [-0.05, 0) is 33.2 Å². The first-order valence-corrected chi connectivity index (χ1v) is 8.24. The smallest absolute Gasteiger partial charge is 0.221 e. The lowest BCUT2D eigenvalue weighted by Gasteiger charge is -2.25. The molecule has 0 spiro atoms. The van der Waals surface area contributed by atoms with Gasteiger partial charge < -0.3 is 5.73 Å². The van der Waals surface area contributed by atoms with Crippen molar-refractivity contribution in [2.45, 2.75) is 50.4 Å². The zero-order valence-electron chi connectivity index (χ0n) is 11.2. The van der Waals surface area contributed by atoms with Gasteiger partial charge in [0.05, 0.1) is 4.99 Å². The maximum atomic E-state index is 12.0. The molecule has 1 saturated carbocycles. The Labute approximate surface area is 115 Å². The second kappa shape index (κ2) is 6.27. The molecule has 0 bridgehead atoms. The molecular formula is C11H23N3O2S2. The van der Waals surface area contributed by atoms with Crippen LogP contribution in [0, 0.1) is 0 Å². The highest BCUT2D eigenvalue weighted by Crippen LogP contribution is 2.26. The molecule has 106 valence electrons. The van der Waals surface area contributed by atoms with E-state index < -0.39 is 15.3 Å². The number of thiocarbonyl (C=S) groups is 1. The maximum Gasteiger partial charge on any atom is 0.221 e. The molecule has 2 unspecified atom stereocenters. The van der Waals surface area contributed by atoms with Crippen LogP contribution in [0.3, 0.4) is 0 Å². The summed E-state index contributed by atoms with van der Waals surface area (Å²) in [5.41, 5.74) is 5.46. The summed E-state index contributed by atoms with van der Waals surface area (Å²) in [6, 6.07) is 0.790. The van der Waals surface area contributed by atoms with Crippen LogP contribution in [0.5, 0.6) is 0 Å². The Hall–Kier alpha value is -0.240. The van der Waals surface area contributed by atoms with Crippen molar-refractivity contribution in [1.29, 1.82) is 0 Å². The van der Waals surface area contributed by atoms with Gasteiger partial charge in [0.1, 0.15) is 5.25 Å². The second-order valence-corrected chi connectivity index (χ2v) is 7.36. The van der Waals surface area contributed by atoms with Crippen molar-refractivity contribution in [3.05, 3.63) is 0 Å². The summed E-state index contributed by atoms with van der Waals surface area (Å²) in [4.78, 5) is 2.25. The van der Waals surface area contributed by atoms with Crippen LogP contribution in [-0.2, 0) is 10.0 Å². The fraction of sp³-hybridized carbons (Fsp3) is 0.909. The molecule has 1 aliphatic carbocycles. The first-order chi connectivity index (χ1) is 8.29. The van der Waals surface area contributed by atoms with Crippen LogP contribution in [0.15, 0.2) is 0 Å². The van der Waals surface area contributed by atoms with Gasteiger partial charge in [0.25, 0.3) is 0 Å². The van der Waals surface area contributed by atoms with Gasteiger partial charge in [0, 0.05) is 18.6 Å². The second-order valence-electron chi connectivity index (χ2n) is 4.94. The number of sulfonamides is 1. The monoisotopic (exact) mass is 293 g/mol. The molecule has 1 rings (SSSR count). The molecule has 0 aromatic rings. The van der Waals surface area contributed by atoms with E-state index in [-0.39, 0.29) is 11.0 Å². The van der Waals surface area contributed by atoms with Crippen molar-refractivity contribution in [2.75, 3.05) is 13.6 Å². The SMILES string of the molecule is CCC(C(N)=S)S(=O)(=O)NCC(C)N(C)C1CC1. The molecule has 0 heterocycles. The van der Waals surface area contributed by atoms with Crippen LogP contribution < -0.4 is 10.5 Å². The van der Waals surface area contributed by atoms with Gasteiger partial charge in [-0.3, -0.25) is 4.90 Å². The third-order valence-electron chi connectivity index (χ3n) is 3.46. The number of likely N-dealkylation sites (N-methyl/N-ethyl adjacent to an activating group) is 1. The average molecular weight is 293 g/mol. The molecule has 3 N–H and O–H groups in total. The van der Waals surface area contributed by atoms with Gasteiger partial charge in [-0.1, -0.05) is 19.1 Å². The van der Waals surface area contributed by atoms with E-state index in [4.69, 9.17) is 18.0 Å². The first-order valence-electron chi connectivity index (χ1n) is 6.29. The molecule has 18 heavy (non-hydrogen) atoms. The minimum Gasteiger partial charge on any atom is -0.392 e. The standard InChI is InChI=1S/C11H23N3O2S2/c1-4-10(11(12)17)18(15,16)13-7-8(2)14(3)9-5-6-9/h8-10,13H,4-7H2,1-3H3,(H2,12,17). The summed E-state index contributed by atoms with van der Waals surface area (Å²) in [5.74, 6) is 0. The van der Waals surface area contributed by atoms with E-state index in [9.17, 15) is 8.42 Å². The Bertz CT molecular complexity index is 393. The molecule has 1 fully saturated rings. The van der Waals surface area contributed by atoms with Gasteiger partial charge in [-0.2, -0.15) is 0 Å². The van der Waals surface area contributed by atoms with Crippen LogP contribution in [0.25, 0.3) is 0 Å². The normalized spacial score (nSPS) is 19.8. The summed E-state index contributed by atoms with van der Waals surface area (Å²) in [5, 5.41) is -0.772. The summed E-state index contributed by atoms with van der Waals surface area (Å²) in [6.07, 6.45) is 2.81. The molecule has 7 heteroatoms. The first kappa shape index (κ1) is 15.8. The minimum absolute atomic E-state index is 0.0354. The van der Waals surface area contributed by atoms with Crippen molar-refractivity contribution in [1.82, 2.24) is 9.62 Å². The van der Waals surface area contributed by atoms with Crippen LogP contribution >= 0.6 is 12.2 Å². The Morgan fingerprint density at radius 1 is 1.56 bits per heavy atom. The number of nitrogens with two attached hydrogens (primary N) is 1. The van der Waals surface area contributed by atoms with E-state index in [1.165, 1.54) is 12.8 Å². The lowest BCUT2D eigenvalue weighted by Crippen LogP contribution is -2.46. The molecule has 5 nitrogen and oxygen atoms in total. The predicted molar refractivity (Wildman–Crippen MR) is 78.0 cm³/mol. The summed E-state index contributed by atoms with van der Waals surface area (Å²) in [7, 11) is -1.42. The molecular weight excluding hydrogens is 270 g/mol. The van der Waals surface area contributed by atoms with Crippen molar-refractivity contribution in [2.24, 2.45) is 5.73 Å². The van der Waals surface area contributed by atoms with Gasteiger partial charge in [0.15, 0.2) is 0 Å². The van der Waals surface area contributed by atoms with Gasteiger partial charge in [-0.25, -0.2) is 13.1 Å². The molecule has 0 aromatic heterocycles. The molecule has 0 aromatic carbocycles. The molecule has 0 saturated heterocycles. The maximum absolute atomic E-state index is 12.0. The van der Waals surface area contributed by atoms with E-state index in [0.29, 0.717) is 19.0 Å². The molecule has 1 aliphatic rings. The number of hydrogen-bond donors (Lipinski definition) is 2. The minimum atomic E-state index is -3.45. The van der Waals surface area contributed by atoms with Crippen molar-refractivity contribution in [3.8, 4) is 0 Å². The molecule has 0 aliphatic heterocycles. The largest absolute Gasteiger partial charge is 0.392 e. The fourth-order valence-corrected chi connectivity index (χ4v) is 3.86. The van der Waals surface area contributed by atoms with Gasteiger partial charge >= 0.3 is 0 Å². The Balaban J connectivity index is 2.52. The zero-order valence-corrected chi connectivity index (χ0v) is 12.9. The van der Waals surface area contributed by atoms with Crippen LogP contribution in [0.4, 0.5) is 0 Å². The predicted octanol–water partition coefficient (Wildman–Crippen LogP) is 0.453. The average Bonchev–Trinajstić information content (AvgIpc) is 3.08. The number of rotatable bonds is 8. The molecule has 0 radical (unpaired) electrons. The van der Waals surface area contributed by atoms with E-state index >= 15 is 0 Å². The highest BCUT2D eigenvalue weighted by molar-refractivity contribution is 7.93. The van der Waals surface area contributed by atoms with E-state index in [1.807, 2.05) is 14.0 Å². The van der Waals surface area contributed by atoms with Crippen LogP contribution in [0.2, 0.25) is 0 Å². The van der Waals surface area contributed by atoms with Crippen molar-refractivity contribution >= 4 is 27.2 Å². The lowest BCUT2D eigenvalue weighted by molar-refractivity contribution is 0.248. The van der Waals surface area contributed by atoms with Crippen molar-refractivity contribution < 1.29 is 8.42 Å². The number of nitrogens with zero attached hydrogens (tertiary/aromatic N) is 1. The van der Waals surface area contributed by atoms with E-state index in [1.54, 1.807) is 6.92 Å². The summed E-state index contributed by atoms with van der Waals surface area (Å²) in [6.45, 7) is 4.18. The fourth-order valence-electron chi connectivity index (χ4n) is 1.90. The van der Waals surface area contributed by atoms with Gasteiger partial charge in [0.2, 0.25) is 10.0 Å².